The molecule has 2 aromatic heterocycles. The molecule has 3 heterocycles. The second-order valence-corrected chi connectivity index (χ2v) is 6.34. The van der Waals surface area contributed by atoms with Crippen LogP contribution in [-0.2, 0) is 20.6 Å². The van der Waals surface area contributed by atoms with Crippen LogP contribution in [0, 0.1) is 0 Å². The number of fused-ring (bicyclic) bond motifs is 1. The summed E-state index contributed by atoms with van der Waals surface area (Å²) in [5.74, 6) is 1.76. The van der Waals surface area contributed by atoms with Crippen molar-refractivity contribution >= 4 is 10.9 Å². The molecule has 124 valence electrons. The quantitative estimate of drug-likeness (QED) is 0.728. The van der Waals surface area contributed by atoms with Crippen LogP contribution in [0.5, 0.6) is 0 Å². The normalized spacial score (nSPS) is 18.5. The number of hydrogen-bond acceptors (Lipinski definition) is 5. The van der Waals surface area contributed by atoms with Crippen LogP contribution in [-0.4, -0.2) is 35.8 Å². The molecule has 1 aliphatic heterocycles. The van der Waals surface area contributed by atoms with E-state index in [1.165, 1.54) is 0 Å². The summed E-state index contributed by atoms with van der Waals surface area (Å²) in [6.45, 7) is 1.68. The number of likely N-dealkylation sites (tertiary alicyclic amines) is 1. The van der Waals surface area contributed by atoms with Gasteiger partial charge in [-0.1, -0.05) is 12.1 Å². The number of hydrogen-bond donors (Lipinski definition) is 0. The van der Waals surface area contributed by atoms with Gasteiger partial charge in [-0.2, -0.15) is 0 Å². The third-order valence-corrected chi connectivity index (χ3v) is 4.83. The van der Waals surface area contributed by atoms with Crippen molar-refractivity contribution in [3.63, 3.8) is 0 Å². The van der Waals surface area contributed by atoms with E-state index >= 15 is 0 Å². The van der Waals surface area contributed by atoms with E-state index in [9.17, 15) is 4.79 Å². The minimum atomic E-state index is 0.0149. The molecular weight excluding hydrogens is 304 g/mol. The van der Waals surface area contributed by atoms with E-state index in [-0.39, 0.29) is 11.6 Å². The van der Waals surface area contributed by atoms with Gasteiger partial charge >= 0.3 is 0 Å². The second kappa shape index (κ2) is 5.83. The van der Waals surface area contributed by atoms with Gasteiger partial charge in [0.2, 0.25) is 0 Å². The summed E-state index contributed by atoms with van der Waals surface area (Å²) in [6, 6.07) is 7.66. The van der Waals surface area contributed by atoms with E-state index in [0.29, 0.717) is 11.9 Å². The molecule has 0 spiro atoms. The Balaban J connectivity index is 1.74. The first-order chi connectivity index (χ1) is 11.6. The van der Waals surface area contributed by atoms with Crippen LogP contribution in [0.2, 0.25) is 0 Å². The van der Waals surface area contributed by atoms with Crippen LogP contribution in [0.25, 0.3) is 10.9 Å². The molecule has 3 aromatic rings. The van der Waals surface area contributed by atoms with Gasteiger partial charge in [0.05, 0.1) is 23.5 Å². The minimum Gasteiger partial charge on any atom is -0.320 e. The van der Waals surface area contributed by atoms with E-state index in [2.05, 4.69) is 15.1 Å². The van der Waals surface area contributed by atoms with Crippen LogP contribution in [0.3, 0.4) is 0 Å². The van der Waals surface area contributed by atoms with Crippen LogP contribution < -0.4 is 5.56 Å². The smallest absolute Gasteiger partial charge is 0.261 e. The highest BCUT2D eigenvalue weighted by Gasteiger charge is 2.30. The zero-order chi connectivity index (χ0) is 16.7. The summed E-state index contributed by atoms with van der Waals surface area (Å²) >= 11 is 0. The summed E-state index contributed by atoms with van der Waals surface area (Å²) < 4.78 is 3.63. The van der Waals surface area contributed by atoms with Crippen molar-refractivity contribution in [3.05, 3.63) is 52.6 Å². The highest BCUT2D eigenvalue weighted by Crippen LogP contribution is 2.31. The van der Waals surface area contributed by atoms with Gasteiger partial charge in [0.25, 0.3) is 5.56 Å². The van der Waals surface area contributed by atoms with E-state index in [1.54, 1.807) is 10.9 Å². The van der Waals surface area contributed by atoms with E-state index in [0.717, 1.165) is 36.6 Å². The van der Waals surface area contributed by atoms with Crippen molar-refractivity contribution in [2.45, 2.75) is 25.4 Å². The van der Waals surface area contributed by atoms with Gasteiger partial charge in [-0.3, -0.25) is 14.3 Å². The Hall–Kier alpha value is -2.54. The van der Waals surface area contributed by atoms with Crippen molar-refractivity contribution in [2.24, 2.45) is 14.1 Å². The second-order valence-electron chi connectivity index (χ2n) is 6.34. The standard InChI is InChI=1S/C17H20N6O/c1-21-11-18-20-15(21)10-23-9-5-8-14(23)16-19-13-7-4-3-6-12(13)17(24)22(16)2/h3-4,6-7,11,14H,5,8-10H2,1-2H3. The minimum absolute atomic E-state index is 0.0149. The fourth-order valence-corrected chi connectivity index (χ4v) is 3.47. The van der Waals surface area contributed by atoms with Gasteiger partial charge in [-0.25, -0.2) is 4.98 Å². The lowest BCUT2D eigenvalue weighted by atomic mass is 10.1. The largest absolute Gasteiger partial charge is 0.320 e. The van der Waals surface area contributed by atoms with Crippen molar-refractivity contribution in [3.8, 4) is 0 Å². The Morgan fingerprint density at radius 1 is 1.25 bits per heavy atom. The topological polar surface area (TPSA) is 68.8 Å². The number of benzene rings is 1. The third-order valence-electron chi connectivity index (χ3n) is 4.83. The Labute approximate surface area is 139 Å². The predicted octanol–water partition coefficient (Wildman–Crippen LogP) is 1.40. The first-order valence-corrected chi connectivity index (χ1v) is 8.18. The number of para-hydroxylation sites is 1. The number of nitrogens with zero attached hydrogens (tertiary/aromatic N) is 6. The van der Waals surface area contributed by atoms with Gasteiger partial charge in [-0.05, 0) is 31.5 Å². The first-order valence-electron chi connectivity index (χ1n) is 8.18. The van der Waals surface area contributed by atoms with Crippen LogP contribution in [0.4, 0.5) is 0 Å². The monoisotopic (exact) mass is 324 g/mol. The summed E-state index contributed by atoms with van der Waals surface area (Å²) in [5.41, 5.74) is 0.780. The maximum atomic E-state index is 12.7. The summed E-state index contributed by atoms with van der Waals surface area (Å²) in [4.78, 5) is 19.8. The summed E-state index contributed by atoms with van der Waals surface area (Å²) in [7, 11) is 3.76. The Morgan fingerprint density at radius 2 is 2.08 bits per heavy atom. The van der Waals surface area contributed by atoms with Crippen LogP contribution in [0.1, 0.15) is 30.5 Å². The maximum Gasteiger partial charge on any atom is 0.261 e. The predicted molar refractivity (Wildman–Crippen MR) is 90.4 cm³/mol. The summed E-state index contributed by atoms with van der Waals surface area (Å²) in [5, 5.41) is 8.80. The Bertz CT molecular complexity index is 944. The Kier molecular flexibility index (Phi) is 3.65. The van der Waals surface area contributed by atoms with Crippen molar-refractivity contribution in [1.29, 1.82) is 0 Å². The molecule has 0 saturated carbocycles. The maximum absolute atomic E-state index is 12.7. The zero-order valence-electron chi connectivity index (χ0n) is 13.9. The zero-order valence-corrected chi connectivity index (χ0v) is 13.9. The molecule has 1 saturated heterocycles. The highest BCUT2D eigenvalue weighted by molar-refractivity contribution is 5.77. The molecule has 4 rings (SSSR count). The van der Waals surface area contributed by atoms with E-state index in [4.69, 9.17) is 4.98 Å². The molecule has 1 aromatic carbocycles. The molecular formula is C17H20N6O. The lowest BCUT2D eigenvalue weighted by Crippen LogP contribution is -2.31. The molecule has 0 aliphatic carbocycles. The molecule has 1 aliphatic rings. The third kappa shape index (κ3) is 2.41. The molecule has 0 amide bonds. The SMILES string of the molecule is Cn1cnnc1CN1CCCC1c1nc2ccccc2c(=O)n1C. The van der Waals surface area contributed by atoms with Crippen molar-refractivity contribution in [2.75, 3.05) is 6.54 Å². The highest BCUT2D eigenvalue weighted by atomic mass is 16.1. The van der Waals surface area contributed by atoms with Gasteiger partial charge in [0.15, 0.2) is 0 Å². The first kappa shape index (κ1) is 15.0. The van der Waals surface area contributed by atoms with Crippen LogP contribution >= 0.6 is 0 Å². The van der Waals surface area contributed by atoms with Gasteiger partial charge in [-0.15, -0.1) is 10.2 Å². The molecule has 7 heteroatoms. The molecule has 1 unspecified atom stereocenters. The number of rotatable bonds is 3. The molecule has 0 N–H and O–H groups in total. The molecule has 0 radical (unpaired) electrons. The van der Waals surface area contributed by atoms with Gasteiger partial charge in [0.1, 0.15) is 18.0 Å². The molecule has 7 nitrogen and oxygen atoms in total. The average Bonchev–Trinajstić information content (AvgIpc) is 3.21. The summed E-state index contributed by atoms with van der Waals surface area (Å²) in [6.07, 6.45) is 3.80. The average molecular weight is 324 g/mol. The van der Waals surface area contributed by atoms with Crippen molar-refractivity contribution in [1.82, 2.24) is 29.2 Å². The van der Waals surface area contributed by atoms with Crippen molar-refractivity contribution < 1.29 is 0 Å². The van der Waals surface area contributed by atoms with Gasteiger partial charge in [0, 0.05) is 14.1 Å². The molecule has 1 atom stereocenters. The number of aryl methyl sites for hydroxylation is 1. The fourth-order valence-electron chi connectivity index (χ4n) is 3.47. The van der Waals surface area contributed by atoms with Gasteiger partial charge < -0.3 is 4.57 Å². The molecule has 24 heavy (non-hydrogen) atoms. The van der Waals surface area contributed by atoms with E-state index < -0.39 is 0 Å². The molecule has 1 fully saturated rings. The lowest BCUT2D eigenvalue weighted by molar-refractivity contribution is 0.227. The lowest BCUT2D eigenvalue weighted by Gasteiger charge is -2.25. The fraction of sp³-hybridized carbons (Fsp3) is 0.412. The van der Waals surface area contributed by atoms with Crippen LogP contribution in [0.15, 0.2) is 35.4 Å². The molecule has 0 bridgehead atoms. The number of aromatic nitrogens is 5. The van der Waals surface area contributed by atoms with E-state index in [1.807, 2.05) is 42.9 Å². The Morgan fingerprint density at radius 3 is 2.88 bits per heavy atom.